The predicted octanol–water partition coefficient (Wildman–Crippen LogP) is 1.48. The summed E-state index contributed by atoms with van der Waals surface area (Å²) in [5.41, 5.74) is 0. The van der Waals surface area contributed by atoms with Crippen LogP contribution in [0.3, 0.4) is 0 Å². The van der Waals surface area contributed by atoms with Gasteiger partial charge in [-0.2, -0.15) is 0 Å². The van der Waals surface area contributed by atoms with Crippen LogP contribution < -0.4 is 10.1 Å². The number of hydrogen-bond acceptors (Lipinski definition) is 3. The highest BCUT2D eigenvalue weighted by Gasteiger charge is 2.08. The molecule has 0 aliphatic heterocycles. The summed E-state index contributed by atoms with van der Waals surface area (Å²) >= 11 is 0. The first-order valence-electron chi connectivity index (χ1n) is 5.94. The Morgan fingerprint density at radius 3 is 2.67 bits per heavy atom. The van der Waals surface area contributed by atoms with Gasteiger partial charge in [0.1, 0.15) is 11.6 Å². The second-order valence-electron chi connectivity index (χ2n) is 3.91. The van der Waals surface area contributed by atoms with Crippen molar-refractivity contribution in [2.75, 3.05) is 13.2 Å². The minimum Gasteiger partial charge on any atom is -0.493 e. The van der Waals surface area contributed by atoms with E-state index < -0.39 is 0 Å². The van der Waals surface area contributed by atoms with Crippen molar-refractivity contribution in [3.05, 3.63) is 30.1 Å². The van der Waals surface area contributed by atoms with E-state index in [1.807, 2.05) is 6.92 Å². The maximum absolute atomic E-state index is 12.6. The third-order valence-electron chi connectivity index (χ3n) is 2.49. The Morgan fingerprint density at radius 1 is 1.44 bits per heavy atom. The van der Waals surface area contributed by atoms with Crippen molar-refractivity contribution in [2.24, 2.45) is 0 Å². The van der Waals surface area contributed by atoms with E-state index in [9.17, 15) is 9.18 Å². The molecule has 0 unspecified atom stereocenters. The van der Waals surface area contributed by atoms with Crippen LogP contribution in [-0.4, -0.2) is 30.3 Å². The zero-order chi connectivity index (χ0) is 13.4. The van der Waals surface area contributed by atoms with E-state index in [-0.39, 0.29) is 37.4 Å². The molecule has 4 nitrogen and oxygen atoms in total. The highest BCUT2D eigenvalue weighted by molar-refractivity contribution is 5.76. The number of benzene rings is 1. The van der Waals surface area contributed by atoms with E-state index in [2.05, 4.69) is 5.32 Å². The monoisotopic (exact) mass is 255 g/mol. The van der Waals surface area contributed by atoms with Crippen molar-refractivity contribution >= 4 is 5.91 Å². The maximum atomic E-state index is 12.6. The lowest BCUT2D eigenvalue weighted by Gasteiger charge is -2.14. The Hall–Kier alpha value is -1.62. The second-order valence-corrected chi connectivity index (χ2v) is 3.91. The molecule has 1 rings (SSSR count). The molecule has 0 fully saturated rings. The molecule has 0 radical (unpaired) electrons. The first kappa shape index (κ1) is 14.4. The molecule has 2 N–H and O–H groups in total. The van der Waals surface area contributed by atoms with Gasteiger partial charge in [0.15, 0.2) is 0 Å². The van der Waals surface area contributed by atoms with E-state index in [0.717, 1.165) is 0 Å². The summed E-state index contributed by atoms with van der Waals surface area (Å²) in [6.07, 6.45) is 0.884. The molecular weight excluding hydrogens is 237 g/mol. The molecule has 1 amide bonds. The Labute approximate surface area is 106 Å². The molecule has 0 heterocycles. The molecule has 1 atom stereocenters. The normalized spacial score (nSPS) is 11.9. The zero-order valence-electron chi connectivity index (χ0n) is 10.4. The number of amides is 1. The summed E-state index contributed by atoms with van der Waals surface area (Å²) in [5, 5.41) is 11.6. The highest BCUT2D eigenvalue weighted by atomic mass is 19.1. The third kappa shape index (κ3) is 5.14. The fourth-order valence-electron chi connectivity index (χ4n) is 1.37. The van der Waals surface area contributed by atoms with Gasteiger partial charge in [-0.1, -0.05) is 6.92 Å². The molecule has 100 valence electrons. The molecule has 0 saturated heterocycles. The van der Waals surface area contributed by atoms with Crippen molar-refractivity contribution in [3.63, 3.8) is 0 Å². The van der Waals surface area contributed by atoms with Gasteiger partial charge in [0.05, 0.1) is 25.7 Å². The number of halogens is 1. The summed E-state index contributed by atoms with van der Waals surface area (Å²) in [5.74, 6) is 0.0326. The summed E-state index contributed by atoms with van der Waals surface area (Å²) < 4.78 is 17.9. The van der Waals surface area contributed by atoms with Crippen LogP contribution in [0, 0.1) is 5.82 Å². The smallest absolute Gasteiger partial charge is 0.223 e. The van der Waals surface area contributed by atoms with Crippen LogP contribution in [0.5, 0.6) is 5.75 Å². The highest BCUT2D eigenvalue weighted by Crippen LogP contribution is 2.11. The number of hydrogen-bond donors (Lipinski definition) is 2. The van der Waals surface area contributed by atoms with E-state index in [0.29, 0.717) is 12.2 Å². The number of carbonyl (C=O) groups excluding carboxylic acids is 1. The van der Waals surface area contributed by atoms with Gasteiger partial charge >= 0.3 is 0 Å². The zero-order valence-corrected chi connectivity index (χ0v) is 10.4. The lowest BCUT2D eigenvalue weighted by atomic mass is 10.2. The Bertz CT molecular complexity index is 363. The fraction of sp³-hybridized carbons (Fsp3) is 0.462. The molecule has 0 aromatic heterocycles. The summed E-state index contributed by atoms with van der Waals surface area (Å²) in [6.45, 7) is 2.04. The topological polar surface area (TPSA) is 58.6 Å². The summed E-state index contributed by atoms with van der Waals surface area (Å²) in [4.78, 5) is 11.5. The average Bonchev–Trinajstić information content (AvgIpc) is 2.38. The van der Waals surface area contributed by atoms with Crippen LogP contribution in [0.15, 0.2) is 24.3 Å². The average molecular weight is 255 g/mol. The number of carbonyl (C=O) groups is 1. The quantitative estimate of drug-likeness (QED) is 0.776. The molecule has 18 heavy (non-hydrogen) atoms. The van der Waals surface area contributed by atoms with Crippen molar-refractivity contribution in [3.8, 4) is 5.75 Å². The lowest BCUT2D eigenvalue weighted by Crippen LogP contribution is -2.37. The van der Waals surface area contributed by atoms with Gasteiger partial charge in [0.25, 0.3) is 0 Å². The molecule has 1 aromatic carbocycles. The third-order valence-corrected chi connectivity index (χ3v) is 2.49. The molecule has 5 heteroatoms. The Morgan fingerprint density at radius 2 is 2.11 bits per heavy atom. The predicted molar refractivity (Wildman–Crippen MR) is 65.8 cm³/mol. The van der Waals surface area contributed by atoms with E-state index in [4.69, 9.17) is 9.84 Å². The number of aliphatic hydroxyl groups excluding tert-OH is 1. The van der Waals surface area contributed by atoms with Crippen LogP contribution in [0.4, 0.5) is 4.39 Å². The SMILES string of the molecule is CC[C@@H](CO)NC(=O)CCOc1ccc(F)cc1. The van der Waals surface area contributed by atoms with Crippen LogP contribution >= 0.6 is 0 Å². The Kier molecular flexibility index (Phi) is 6.14. The number of rotatable bonds is 7. The summed E-state index contributed by atoms with van der Waals surface area (Å²) in [7, 11) is 0. The van der Waals surface area contributed by atoms with Gasteiger partial charge in [0, 0.05) is 0 Å². The molecular formula is C13H18FNO3. The van der Waals surface area contributed by atoms with Gasteiger partial charge in [-0.3, -0.25) is 4.79 Å². The summed E-state index contributed by atoms with van der Waals surface area (Å²) in [6, 6.07) is 5.41. The van der Waals surface area contributed by atoms with Gasteiger partial charge in [-0.05, 0) is 30.7 Å². The molecule has 0 saturated carbocycles. The van der Waals surface area contributed by atoms with E-state index >= 15 is 0 Å². The minimum absolute atomic E-state index is 0.0684. The minimum atomic E-state index is -0.325. The molecule has 1 aromatic rings. The van der Waals surface area contributed by atoms with Gasteiger partial charge in [-0.15, -0.1) is 0 Å². The standard InChI is InChI=1S/C13H18FNO3/c1-2-11(9-16)15-13(17)7-8-18-12-5-3-10(14)4-6-12/h3-6,11,16H,2,7-9H2,1H3,(H,15,17)/t11-/m0/s1. The molecule has 0 aliphatic rings. The van der Waals surface area contributed by atoms with Crippen LogP contribution in [0.1, 0.15) is 19.8 Å². The number of nitrogens with one attached hydrogen (secondary N) is 1. The second kappa shape index (κ2) is 7.66. The molecule has 0 aliphatic carbocycles. The van der Waals surface area contributed by atoms with Gasteiger partial charge in [0.2, 0.25) is 5.91 Å². The van der Waals surface area contributed by atoms with Crippen LogP contribution in [0.2, 0.25) is 0 Å². The van der Waals surface area contributed by atoms with Crippen molar-refractivity contribution < 1.29 is 19.0 Å². The first-order chi connectivity index (χ1) is 8.65. The van der Waals surface area contributed by atoms with E-state index in [1.165, 1.54) is 24.3 Å². The van der Waals surface area contributed by atoms with Gasteiger partial charge < -0.3 is 15.2 Å². The van der Waals surface area contributed by atoms with E-state index in [1.54, 1.807) is 0 Å². The molecule has 0 bridgehead atoms. The van der Waals surface area contributed by atoms with Crippen LogP contribution in [0.25, 0.3) is 0 Å². The lowest BCUT2D eigenvalue weighted by molar-refractivity contribution is -0.122. The maximum Gasteiger partial charge on any atom is 0.223 e. The fourth-order valence-corrected chi connectivity index (χ4v) is 1.37. The van der Waals surface area contributed by atoms with Crippen molar-refractivity contribution in [1.29, 1.82) is 0 Å². The Balaban J connectivity index is 2.25. The largest absolute Gasteiger partial charge is 0.493 e. The number of aliphatic hydroxyl groups is 1. The van der Waals surface area contributed by atoms with Gasteiger partial charge in [-0.25, -0.2) is 4.39 Å². The van der Waals surface area contributed by atoms with Crippen molar-refractivity contribution in [1.82, 2.24) is 5.32 Å². The molecule has 0 spiro atoms. The van der Waals surface area contributed by atoms with Crippen molar-refractivity contribution in [2.45, 2.75) is 25.8 Å². The van der Waals surface area contributed by atoms with Crippen LogP contribution in [-0.2, 0) is 4.79 Å². The first-order valence-corrected chi connectivity index (χ1v) is 5.94. The number of ether oxygens (including phenoxy) is 1.